The summed E-state index contributed by atoms with van der Waals surface area (Å²) in [4.78, 5) is 4.48. The van der Waals surface area contributed by atoms with E-state index in [-0.39, 0.29) is 0 Å². The van der Waals surface area contributed by atoms with Gasteiger partial charge in [-0.05, 0) is 37.1 Å². The molecule has 2 aromatic rings. The first kappa shape index (κ1) is 13.7. The number of aryl methyl sites for hydroxylation is 1. The smallest absolute Gasteiger partial charge is 0.0831 e. The van der Waals surface area contributed by atoms with E-state index in [0.717, 1.165) is 31.0 Å². The molecule has 0 aromatic carbocycles. The summed E-state index contributed by atoms with van der Waals surface area (Å²) in [6.45, 7) is 9.06. The van der Waals surface area contributed by atoms with Gasteiger partial charge in [-0.3, -0.25) is 9.67 Å². The second-order valence-corrected chi connectivity index (χ2v) is 5.34. The Morgan fingerprint density at radius 3 is 2.68 bits per heavy atom. The van der Waals surface area contributed by atoms with Gasteiger partial charge in [0.2, 0.25) is 0 Å². The number of pyridine rings is 1. The number of hydrogen-bond acceptors (Lipinski definition) is 3. The van der Waals surface area contributed by atoms with Crippen LogP contribution in [0, 0.1) is 12.8 Å². The monoisotopic (exact) mass is 258 g/mol. The average molecular weight is 258 g/mol. The Kier molecular flexibility index (Phi) is 4.68. The molecule has 0 bridgehead atoms. The minimum absolute atomic E-state index is 0.676. The van der Waals surface area contributed by atoms with Gasteiger partial charge in [0.1, 0.15) is 0 Å². The van der Waals surface area contributed by atoms with Crippen molar-refractivity contribution in [1.29, 1.82) is 0 Å². The highest BCUT2D eigenvalue weighted by atomic mass is 15.3. The maximum atomic E-state index is 4.48. The lowest BCUT2D eigenvalue weighted by Gasteiger charge is -2.08. The summed E-state index contributed by atoms with van der Waals surface area (Å²) in [5.74, 6) is 0.676. The van der Waals surface area contributed by atoms with Gasteiger partial charge in [-0.25, -0.2) is 0 Å². The Bertz CT molecular complexity index is 499. The van der Waals surface area contributed by atoms with E-state index in [4.69, 9.17) is 0 Å². The topological polar surface area (TPSA) is 42.7 Å². The first-order valence-corrected chi connectivity index (χ1v) is 6.78. The molecule has 0 aliphatic carbocycles. The lowest BCUT2D eigenvalue weighted by molar-refractivity contribution is 0.551. The van der Waals surface area contributed by atoms with E-state index in [1.165, 1.54) is 5.56 Å². The molecule has 1 N–H and O–H groups in total. The maximum absolute atomic E-state index is 4.48. The summed E-state index contributed by atoms with van der Waals surface area (Å²) in [6.07, 6.45) is 3.92. The van der Waals surface area contributed by atoms with Crippen molar-refractivity contribution in [2.75, 3.05) is 6.54 Å². The van der Waals surface area contributed by atoms with E-state index in [2.05, 4.69) is 41.4 Å². The molecule has 0 aliphatic rings. The minimum atomic E-state index is 0.676. The van der Waals surface area contributed by atoms with E-state index in [9.17, 15) is 0 Å². The lowest BCUT2D eigenvalue weighted by atomic mass is 10.2. The predicted octanol–water partition coefficient (Wildman–Crippen LogP) is 2.38. The van der Waals surface area contributed by atoms with E-state index >= 15 is 0 Å². The summed E-state index contributed by atoms with van der Waals surface area (Å²) in [5, 5.41) is 7.78. The van der Waals surface area contributed by atoms with Crippen LogP contribution in [0.3, 0.4) is 0 Å². The van der Waals surface area contributed by atoms with Gasteiger partial charge in [-0.2, -0.15) is 5.10 Å². The van der Waals surface area contributed by atoms with Crippen molar-refractivity contribution < 1.29 is 0 Å². The molecule has 0 radical (unpaired) electrons. The zero-order valence-electron chi connectivity index (χ0n) is 11.9. The molecule has 2 rings (SSSR count). The number of nitrogens with zero attached hydrogens (tertiary/aromatic N) is 3. The molecule has 2 aromatic heterocycles. The Hall–Kier alpha value is -1.68. The molecule has 4 nitrogen and oxygen atoms in total. The third-order valence-electron chi connectivity index (χ3n) is 2.87. The van der Waals surface area contributed by atoms with Crippen molar-refractivity contribution in [2.45, 2.75) is 33.9 Å². The van der Waals surface area contributed by atoms with Crippen LogP contribution in [0.25, 0.3) is 0 Å². The molecule has 2 heterocycles. The first-order chi connectivity index (χ1) is 9.13. The molecule has 4 heteroatoms. The standard InChI is InChI=1S/C15H22N4/c1-12(2)8-16-9-14-4-5-15(17-10-14)11-19-7-6-13(3)18-19/h4-7,10,12,16H,8-9,11H2,1-3H3. The highest BCUT2D eigenvalue weighted by Crippen LogP contribution is 2.03. The van der Waals surface area contributed by atoms with Crippen molar-refractivity contribution >= 4 is 0 Å². The second kappa shape index (κ2) is 6.48. The van der Waals surface area contributed by atoms with Gasteiger partial charge in [0, 0.05) is 18.9 Å². The molecule has 0 aliphatic heterocycles. The highest BCUT2D eigenvalue weighted by molar-refractivity contribution is 5.14. The van der Waals surface area contributed by atoms with E-state index in [1.807, 2.05) is 30.1 Å². The van der Waals surface area contributed by atoms with Crippen molar-refractivity contribution in [3.05, 3.63) is 47.5 Å². The Balaban J connectivity index is 1.87. The van der Waals surface area contributed by atoms with Crippen LogP contribution in [0.4, 0.5) is 0 Å². The molecule has 0 spiro atoms. The summed E-state index contributed by atoms with van der Waals surface area (Å²) in [6, 6.07) is 6.21. The van der Waals surface area contributed by atoms with Crippen molar-refractivity contribution in [3.8, 4) is 0 Å². The fraction of sp³-hybridized carbons (Fsp3) is 0.467. The lowest BCUT2D eigenvalue weighted by Crippen LogP contribution is -2.19. The van der Waals surface area contributed by atoms with Crippen molar-refractivity contribution in [1.82, 2.24) is 20.1 Å². The number of rotatable bonds is 6. The average Bonchev–Trinajstić information content (AvgIpc) is 2.77. The van der Waals surface area contributed by atoms with Gasteiger partial charge in [0.25, 0.3) is 0 Å². The van der Waals surface area contributed by atoms with Gasteiger partial charge in [0.05, 0.1) is 17.9 Å². The van der Waals surface area contributed by atoms with E-state index in [1.54, 1.807) is 0 Å². The third kappa shape index (κ3) is 4.48. The van der Waals surface area contributed by atoms with Crippen molar-refractivity contribution in [3.63, 3.8) is 0 Å². The molecule has 0 fully saturated rings. The number of nitrogens with one attached hydrogen (secondary N) is 1. The maximum Gasteiger partial charge on any atom is 0.0831 e. The molecular formula is C15H22N4. The minimum Gasteiger partial charge on any atom is -0.312 e. The van der Waals surface area contributed by atoms with Gasteiger partial charge in [-0.1, -0.05) is 19.9 Å². The van der Waals surface area contributed by atoms with Crippen LogP contribution >= 0.6 is 0 Å². The molecule has 0 unspecified atom stereocenters. The Morgan fingerprint density at radius 1 is 1.26 bits per heavy atom. The normalized spacial score (nSPS) is 11.2. The zero-order valence-corrected chi connectivity index (χ0v) is 11.9. The first-order valence-electron chi connectivity index (χ1n) is 6.78. The summed E-state index contributed by atoms with van der Waals surface area (Å²) in [5.41, 5.74) is 3.30. The number of aromatic nitrogens is 3. The summed E-state index contributed by atoms with van der Waals surface area (Å²) in [7, 11) is 0. The molecule has 0 saturated heterocycles. The highest BCUT2D eigenvalue weighted by Gasteiger charge is 2.00. The van der Waals surface area contributed by atoms with Crippen LogP contribution in [0.2, 0.25) is 0 Å². The zero-order chi connectivity index (χ0) is 13.7. The molecule has 0 saturated carbocycles. The van der Waals surface area contributed by atoms with E-state index < -0.39 is 0 Å². The van der Waals surface area contributed by atoms with E-state index in [0.29, 0.717) is 5.92 Å². The quantitative estimate of drug-likeness (QED) is 0.865. The molecular weight excluding hydrogens is 236 g/mol. The molecule has 102 valence electrons. The van der Waals surface area contributed by atoms with Crippen LogP contribution in [-0.2, 0) is 13.1 Å². The van der Waals surface area contributed by atoms with Crippen LogP contribution in [0.5, 0.6) is 0 Å². The van der Waals surface area contributed by atoms with Crippen LogP contribution in [0.1, 0.15) is 30.8 Å². The predicted molar refractivity (Wildman–Crippen MR) is 76.8 cm³/mol. The van der Waals surface area contributed by atoms with Crippen molar-refractivity contribution in [2.24, 2.45) is 5.92 Å². The van der Waals surface area contributed by atoms with Crippen LogP contribution in [-0.4, -0.2) is 21.3 Å². The van der Waals surface area contributed by atoms with Gasteiger partial charge in [0.15, 0.2) is 0 Å². The molecule has 0 amide bonds. The van der Waals surface area contributed by atoms with Crippen LogP contribution in [0.15, 0.2) is 30.6 Å². The Labute approximate surface area is 114 Å². The largest absolute Gasteiger partial charge is 0.312 e. The third-order valence-corrected chi connectivity index (χ3v) is 2.87. The van der Waals surface area contributed by atoms with Crippen LogP contribution < -0.4 is 5.32 Å². The fourth-order valence-electron chi connectivity index (χ4n) is 1.88. The second-order valence-electron chi connectivity index (χ2n) is 5.34. The molecule has 0 atom stereocenters. The van der Waals surface area contributed by atoms with Gasteiger partial charge in [-0.15, -0.1) is 0 Å². The molecule has 19 heavy (non-hydrogen) atoms. The summed E-state index contributed by atoms with van der Waals surface area (Å²) >= 11 is 0. The van der Waals surface area contributed by atoms with Gasteiger partial charge >= 0.3 is 0 Å². The van der Waals surface area contributed by atoms with Gasteiger partial charge < -0.3 is 5.32 Å². The number of hydrogen-bond donors (Lipinski definition) is 1. The fourth-order valence-corrected chi connectivity index (χ4v) is 1.88. The summed E-state index contributed by atoms with van der Waals surface area (Å²) < 4.78 is 1.91. The Morgan fingerprint density at radius 2 is 2.11 bits per heavy atom. The SMILES string of the molecule is Cc1ccn(Cc2ccc(CNCC(C)C)cn2)n1.